The lowest BCUT2D eigenvalue weighted by atomic mass is 10.1. The van der Waals surface area contributed by atoms with Crippen molar-refractivity contribution in [2.24, 2.45) is 7.05 Å². The van der Waals surface area contributed by atoms with Gasteiger partial charge >= 0.3 is 0 Å². The minimum atomic E-state index is -1.04. The number of hydrogen-bond acceptors (Lipinski definition) is 5. The molecule has 0 aliphatic heterocycles. The number of amides is 1. The van der Waals surface area contributed by atoms with Gasteiger partial charge in [0.05, 0.1) is 6.07 Å². The van der Waals surface area contributed by atoms with E-state index in [9.17, 15) is 10.1 Å². The summed E-state index contributed by atoms with van der Waals surface area (Å²) in [7, 11) is 1.75. The molecule has 2 aromatic heterocycles. The maximum Gasteiger partial charge on any atom is 0.245 e. The zero-order chi connectivity index (χ0) is 17.6. The highest BCUT2D eigenvalue weighted by atomic mass is 16.1. The van der Waals surface area contributed by atoms with Crippen LogP contribution in [-0.2, 0) is 18.4 Å². The number of nitrogens with zero attached hydrogens (tertiary/aromatic N) is 5. The van der Waals surface area contributed by atoms with Crippen molar-refractivity contribution in [1.29, 1.82) is 5.26 Å². The Labute approximate surface area is 145 Å². The number of pyridine rings is 1. The normalized spacial score (nSPS) is 11.5. The Morgan fingerprint density at radius 2 is 2.04 bits per heavy atom. The van der Waals surface area contributed by atoms with Gasteiger partial charge in [-0.2, -0.15) is 5.26 Å². The summed E-state index contributed by atoms with van der Waals surface area (Å²) in [4.78, 5) is 16.4. The lowest BCUT2D eigenvalue weighted by Crippen LogP contribution is -2.29. The number of hydrogen-bond donors (Lipinski definition) is 1. The Morgan fingerprint density at radius 3 is 2.72 bits per heavy atom. The molecule has 2 heterocycles. The average molecular weight is 332 g/mol. The fourth-order valence-corrected chi connectivity index (χ4v) is 2.46. The molecular formula is C18H16N6O. The van der Waals surface area contributed by atoms with Crippen LogP contribution in [0.4, 0.5) is 0 Å². The molecule has 0 saturated carbocycles. The summed E-state index contributed by atoms with van der Waals surface area (Å²) in [6.45, 7) is 0.300. The average Bonchev–Trinajstić information content (AvgIpc) is 3.04. The van der Waals surface area contributed by atoms with E-state index in [0.717, 1.165) is 11.1 Å². The first kappa shape index (κ1) is 16.3. The van der Waals surface area contributed by atoms with Gasteiger partial charge < -0.3 is 9.88 Å². The first-order valence-corrected chi connectivity index (χ1v) is 7.71. The Kier molecular flexibility index (Phi) is 4.81. The lowest BCUT2D eigenvalue weighted by Gasteiger charge is -2.10. The second-order valence-corrected chi connectivity index (χ2v) is 5.45. The Morgan fingerprint density at radius 1 is 1.24 bits per heavy atom. The number of nitriles is 1. The molecule has 0 fully saturated rings. The monoisotopic (exact) mass is 332 g/mol. The second kappa shape index (κ2) is 7.36. The third-order valence-corrected chi connectivity index (χ3v) is 3.78. The van der Waals surface area contributed by atoms with Crippen molar-refractivity contribution in [3.05, 3.63) is 66.2 Å². The minimum absolute atomic E-state index is 0.300. The summed E-state index contributed by atoms with van der Waals surface area (Å²) in [5.74, 6) is -0.533. The number of benzene rings is 1. The molecule has 1 N–H and O–H groups in total. The van der Waals surface area contributed by atoms with Crippen LogP contribution in [0.3, 0.4) is 0 Å². The first-order chi connectivity index (χ1) is 12.2. The molecule has 3 aromatic rings. The third kappa shape index (κ3) is 3.53. The highest BCUT2D eigenvalue weighted by molar-refractivity contribution is 5.85. The topological polar surface area (TPSA) is 96.5 Å². The van der Waals surface area contributed by atoms with Crippen molar-refractivity contribution in [3.63, 3.8) is 0 Å². The summed E-state index contributed by atoms with van der Waals surface area (Å²) in [6, 6.07) is 15.1. The molecule has 0 radical (unpaired) electrons. The predicted octanol–water partition coefficient (Wildman–Crippen LogP) is 1.80. The van der Waals surface area contributed by atoms with Crippen molar-refractivity contribution < 1.29 is 4.79 Å². The van der Waals surface area contributed by atoms with E-state index in [2.05, 4.69) is 20.5 Å². The third-order valence-electron chi connectivity index (χ3n) is 3.78. The first-order valence-electron chi connectivity index (χ1n) is 7.71. The van der Waals surface area contributed by atoms with Gasteiger partial charge in [-0.05, 0) is 11.6 Å². The zero-order valence-electron chi connectivity index (χ0n) is 13.6. The highest BCUT2D eigenvalue weighted by Gasteiger charge is 2.26. The summed E-state index contributed by atoms with van der Waals surface area (Å²) < 4.78 is 1.67. The SMILES string of the molecule is Cn1c(-c2ccccc2)nnc1C(C#N)C(=O)NCc1cccnc1. The van der Waals surface area contributed by atoms with E-state index in [1.807, 2.05) is 42.5 Å². The summed E-state index contributed by atoms with van der Waals surface area (Å²) in [6.07, 6.45) is 3.32. The quantitative estimate of drug-likeness (QED) is 0.768. The van der Waals surface area contributed by atoms with Crippen molar-refractivity contribution in [3.8, 4) is 17.5 Å². The van der Waals surface area contributed by atoms with Crippen LogP contribution in [0.25, 0.3) is 11.4 Å². The molecule has 1 amide bonds. The van der Waals surface area contributed by atoms with Crippen LogP contribution in [0.1, 0.15) is 17.3 Å². The number of aromatic nitrogens is 4. The van der Waals surface area contributed by atoms with E-state index in [-0.39, 0.29) is 0 Å². The molecule has 0 saturated heterocycles. The van der Waals surface area contributed by atoms with E-state index in [1.54, 1.807) is 30.1 Å². The van der Waals surface area contributed by atoms with Crippen molar-refractivity contribution in [2.45, 2.75) is 12.5 Å². The molecule has 124 valence electrons. The molecule has 25 heavy (non-hydrogen) atoms. The molecule has 0 aliphatic rings. The molecule has 0 spiro atoms. The molecule has 0 aliphatic carbocycles. The zero-order valence-corrected chi connectivity index (χ0v) is 13.6. The van der Waals surface area contributed by atoms with Crippen LogP contribution < -0.4 is 5.32 Å². The molecule has 1 atom stereocenters. The molecule has 7 nitrogen and oxygen atoms in total. The van der Waals surface area contributed by atoms with Gasteiger partial charge in [0.1, 0.15) is 0 Å². The number of carbonyl (C=O) groups is 1. The molecule has 0 bridgehead atoms. The van der Waals surface area contributed by atoms with Crippen molar-refractivity contribution in [1.82, 2.24) is 25.1 Å². The summed E-state index contributed by atoms with van der Waals surface area (Å²) in [5, 5.41) is 20.4. The largest absolute Gasteiger partial charge is 0.350 e. The Bertz CT molecular complexity index is 898. The van der Waals surface area contributed by atoms with E-state index < -0.39 is 11.8 Å². The van der Waals surface area contributed by atoms with Crippen LogP contribution in [0.5, 0.6) is 0 Å². The lowest BCUT2D eigenvalue weighted by molar-refractivity contribution is -0.121. The van der Waals surface area contributed by atoms with E-state index in [1.165, 1.54) is 0 Å². The van der Waals surface area contributed by atoms with Crippen LogP contribution in [-0.4, -0.2) is 25.7 Å². The standard InChI is InChI=1S/C18H16N6O/c1-24-16(14-7-3-2-4-8-14)22-23-17(24)15(10-19)18(25)21-12-13-6-5-9-20-11-13/h2-9,11,15H,12H2,1H3,(H,21,25). The van der Waals surface area contributed by atoms with Gasteiger partial charge in [0.15, 0.2) is 17.6 Å². The van der Waals surface area contributed by atoms with Crippen molar-refractivity contribution in [2.75, 3.05) is 0 Å². The number of nitrogens with one attached hydrogen (secondary N) is 1. The van der Waals surface area contributed by atoms with Crippen molar-refractivity contribution >= 4 is 5.91 Å². The van der Waals surface area contributed by atoms with Crippen LogP contribution in [0.2, 0.25) is 0 Å². The maximum atomic E-state index is 12.4. The van der Waals surface area contributed by atoms with Gasteiger partial charge in [-0.25, -0.2) is 0 Å². The van der Waals surface area contributed by atoms with Gasteiger partial charge in [-0.1, -0.05) is 36.4 Å². The van der Waals surface area contributed by atoms with Crippen LogP contribution in [0, 0.1) is 11.3 Å². The summed E-state index contributed by atoms with van der Waals surface area (Å²) >= 11 is 0. The number of rotatable bonds is 5. The van der Waals surface area contributed by atoms with Gasteiger partial charge in [0.2, 0.25) is 5.91 Å². The van der Waals surface area contributed by atoms with Crippen LogP contribution in [0.15, 0.2) is 54.9 Å². The second-order valence-electron chi connectivity index (χ2n) is 5.45. The highest BCUT2D eigenvalue weighted by Crippen LogP contribution is 2.21. The van der Waals surface area contributed by atoms with E-state index >= 15 is 0 Å². The van der Waals surface area contributed by atoms with E-state index in [0.29, 0.717) is 18.2 Å². The van der Waals surface area contributed by atoms with Gasteiger partial charge in [-0.15, -0.1) is 10.2 Å². The fraction of sp³-hybridized carbons (Fsp3) is 0.167. The molecule has 1 aromatic carbocycles. The predicted molar refractivity (Wildman–Crippen MR) is 90.9 cm³/mol. The number of carbonyl (C=O) groups excluding carboxylic acids is 1. The molecule has 7 heteroatoms. The van der Waals surface area contributed by atoms with Crippen LogP contribution >= 0.6 is 0 Å². The summed E-state index contributed by atoms with van der Waals surface area (Å²) in [5.41, 5.74) is 1.73. The fourth-order valence-electron chi connectivity index (χ4n) is 2.46. The minimum Gasteiger partial charge on any atom is -0.350 e. The maximum absolute atomic E-state index is 12.4. The molecule has 3 rings (SSSR count). The smallest absolute Gasteiger partial charge is 0.245 e. The Hall–Kier alpha value is -3.53. The van der Waals surface area contributed by atoms with Gasteiger partial charge in [-0.3, -0.25) is 9.78 Å². The Balaban J connectivity index is 1.78. The van der Waals surface area contributed by atoms with Gasteiger partial charge in [0.25, 0.3) is 0 Å². The molecular weight excluding hydrogens is 316 g/mol. The van der Waals surface area contributed by atoms with Gasteiger partial charge in [0, 0.05) is 31.5 Å². The molecule has 1 unspecified atom stereocenters. The van der Waals surface area contributed by atoms with E-state index in [4.69, 9.17) is 0 Å².